The van der Waals surface area contributed by atoms with Crippen LogP contribution in [0.25, 0.3) is 0 Å². The number of nitrogens with zero attached hydrogens (tertiary/aromatic N) is 1. The van der Waals surface area contributed by atoms with Gasteiger partial charge in [-0.05, 0) is 50.2 Å². The third-order valence-corrected chi connectivity index (χ3v) is 4.13. The number of amides is 1. The van der Waals surface area contributed by atoms with Crippen molar-refractivity contribution < 1.29 is 4.79 Å². The van der Waals surface area contributed by atoms with Crippen molar-refractivity contribution in [3.63, 3.8) is 0 Å². The molecule has 1 aromatic heterocycles. The maximum atomic E-state index is 12.0. The van der Waals surface area contributed by atoms with Gasteiger partial charge in [0, 0.05) is 5.92 Å². The normalized spacial score (nSPS) is 29.9. The van der Waals surface area contributed by atoms with Crippen LogP contribution in [-0.4, -0.2) is 10.9 Å². The minimum atomic E-state index is 0.143. The molecule has 0 spiro atoms. The molecule has 0 aliphatic heterocycles. The van der Waals surface area contributed by atoms with Gasteiger partial charge in [-0.15, -0.1) is 0 Å². The van der Waals surface area contributed by atoms with Gasteiger partial charge >= 0.3 is 0 Å². The summed E-state index contributed by atoms with van der Waals surface area (Å²) in [6.45, 7) is 1.85. The van der Waals surface area contributed by atoms with E-state index in [-0.39, 0.29) is 11.8 Å². The highest BCUT2D eigenvalue weighted by Gasteiger charge is 2.47. The van der Waals surface area contributed by atoms with Crippen LogP contribution in [0.2, 0.25) is 5.15 Å². The van der Waals surface area contributed by atoms with Gasteiger partial charge in [0.25, 0.3) is 0 Å². The fourth-order valence-electron chi connectivity index (χ4n) is 2.83. The lowest BCUT2D eigenvalue weighted by molar-refractivity contribution is -0.120. The van der Waals surface area contributed by atoms with E-state index < -0.39 is 0 Å². The molecule has 2 aliphatic carbocycles. The van der Waals surface area contributed by atoms with E-state index in [1.54, 1.807) is 6.07 Å². The zero-order valence-electron chi connectivity index (χ0n) is 9.74. The number of halogens is 1. The Morgan fingerprint density at radius 2 is 2.06 bits per heavy atom. The Labute approximate surface area is 106 Å². The summed E-state index contributed by atoms with van der Waals surface area (Å²) in [6.07, 6.45) is 3.47. The predicted octanol–water partition coefficient (Wildman–Crippen LogP) is 3.03. The average molecular weight is 251 g/mol. The molecule has 1 N–H and O–H groups in total. The van der Waals surface area contributed by atoms with Gasteiger partial charge in [0.2, 0.25) is 5.91 Å². The molecule has 2 aliphatic rings. The summed E-state index contributed by atoms with van der Waals surface area (Å²) < 4.78 is 0. The Balaban J connectivity index is 1.67. The van der Waals surface area contributed by atoms with Crippen LogP contribution in [0.3, 0.4) is 0 Å². The lowest BCUT2D eigenvalue weighted by Gasteiger charge is -2.13. The van der Waals surface area contributed by atoms with Gasteiger partial charge in [-0.2, -0.15) is 0 Å². The molecule has 0 aromatic carbocycles. The second-order valence-electron chi connectivity index (χ2n) is 5.18. The van der Waals surface area contributed by atoms with Crippen molar-refractivity contribution in [3.8, 4) is 0 Å². The summed E-state index contributed by atoms with van der Waals surface area (Å²) in [5.41, 5.74) is 1.55. The Bertz CT molecular complexity index is 464. The van der Waals surface area contributed by atoms with E-state index in [0.717, 1.165) is 36.1 Å². The summed E-state index contributed by atoms with van der Waals surface area (Å²) in [7, 11) is 0. The Kier molecular flexibility index (Phi) is 2.58. The molecule has 3 rings (SSSR count). The maximum Gasteiger partial charge on any atom is 0.227 e. The topological polar surface area (TPSA) is 42.0 Å². The van der Waals surface area contributed by atoms with Crippen molar-refractivity contribution in [3.05, 3.63) is 23.0 Å². The molecule has 17 heavy (non-hydrogen) atoms. The lowest BCUT2D eigenvalue weighted by Crippen LogP contribution is -2.22. The quantitative estimate of drug-likeness (QED) is 0.820. The van der Waals surface area contributed by atoms with Crippen LogP contribution >= 0.6 is 11.6 Å². The summed E-state index contributed by atoms with van der Waals surface area (Å²) in [5.74, 6) is 2.00. The van der Waals surface area contributed by atoms with Gasteiger partial charge in [-0.25, -0.2) is 4.98 Å². The number of hydrogen-bond acceptors (Lipinski definition) is 2. The number of hydrogen-bond donors (Lipinski definition) is 1. The van der Waals surface area contributed by atoms with Crippen molar-refractivity contribution in [1.82, 2.24) is 4.98 Å². The van der Waals surface area contributed by atoms with Crippen LogP contribution in [0.1, 0.15) is 25.0 Å². The predicted molar refractivity (Wildman–Crippen MR) is 66.9 cm³/mol. The average Bonchev–Trinajstić information content (AvgIpc) is 2.89. The Morgan fingerprint density at radius 1 is 1.35 bits per heavy atom. The van der Waals surface area contributed by atoms with E-state index in [1.165, 1.54) is 6.42 Å². The highest BCUT2D eigenvalue weighted by atomic mass is 35.5. The van der Waals surface area contributed by atoms with Crippen molar-refractivity contribution in [2.45, 2.75) is 26.2 Å². The molecule has 1 amide bonds. The van der Waals surface area contributed by atoms with E-state index in [1.807, 2.05) is 13.0 Å². The van der Waals surface area contributed by atoms with Crippen LogP contribution < -0.4 is 5.32 Å². The molecule has 2 fully saturated rings. The van der Waals surface area contributed by atoms with E-state index in [4.69, 9.17) is 11.6 Å². The second-order valence-corrected chi connectivity index (χ2v) is 5.57. The van der Waals surface area contributed by atoms with E-state index in [2.05, 4.69) is 10.3 Å². The van der Waals surface area contributed by atoms with Gasteiger partial charge < -0.3 is 5.32 Å². The van der Waals surface area contributed by atoms with E-state index >= 15 is 0 Å². The number of carbonyl (C=O) groups excluding carboxylic acids is 1. The summed E-state index contributed by atoms with van der Waals surface area (Å²) >= 11 is 5.78. The van der Waals surface area contributed by atoms with Crippen LogP contribution in [0.15, 0.2) is 12.1 Å². The van der Waals surface area contributed by atoms with E-state index in [9.17, 15) is 4.79 Å². The molecule has 0 saturated heterocycles. The molecular weight excluding hydrogens is 236 g/mol. The van der Waals surface area contributed by atoms with Crippen molar-refractivity contribution in [2.75, 3.05) is 5.32 Å². The largest absolute Gasteiger partial charge is 0.324 e. The maximum absolute atomic E-state index is 12.0. The number of rotatable bonds is 2. The first-order chi connectivity index (χ1) is 8.13. The standard InChI is InChI=1S/C13H15ClN2O/c1-7-11(2-3-12(14)15-7)16-13(17)10-5-8-4-9(8)6-10/h2-3,8-10H,4-6H2,1H3,(H,16,17). The van der Waals surface area contributed by atoms with Crippen LogP contribution in [0.5, 0.6) is 0 Å². The molecule has 1 aromatic rings. The monoisotopic (exact) mass is 250 g/mol. The molecular formula is C13H15ClN2O. The first-order valence-corrected chi connectivity index (χ1v) is 6.45. The number of anilines is 1. The minimum absolute atomic E-state index is 0.143. The van der Waals surface area contributed by atoms with E-state index in [0.29, 0.717) is 5.15 Å². The molecule has 0 radical (unpaired) electrons. The lowest BCUT2D eigenvalue weighted by atomic mass is 10.0. The first kappa shape index (κ1) is 11.0. The Morgan fingerprint density at radius 3 is 2.71 bits per heavy atom. The van der Waals surface area contributed by atoms with Gasteiger partial charge in [0.15, 0.2) is 0 Å². The molecule has 2 atom stereocenters. The van der Waals surface area contributed by atoms with Gasteiger partial charge in [0.1, 0.15) is 5.15 Å². The third-order valence-electron chi connectivity index (χ3n) is 3.92. The van der Waals surface area contributed by atoms with Crippen LogP contribution in [0, 0.1) is 24.7 Å². The number of nitrogens with one attached hydrogen (secondary N) is 1. The molecule has 4 heteroatoms. The number of pyridine rings is 1. The summed E-state index contributed by atoms with van der Waals surface area (Å²) in [6, 6.07) is 3.52. The van der Waals surface area contributed by atoms with Gasteiger partial charge in [0.05, 0.1) is 11.4 Å². The summed E-state index contributed by atoms with van der Waals surface area (Å²) in [4.78, 5) is 16.2. The molecule has 90 valence electrons. The molecule has 3 nitrogen and oxygen atoms in total. The van der Waals surface area contributed by atoms with Crippen molar-refractivity contribution in [2.24, 2.45) is 17.8 Å². The van der Waals surface area contributed by atoms with Crippen molar-refractivity contribution in [1.29, 1.82) is 0 Å². The first-order valence-electron chi connectivity index (χ1n) is 6.07. The number of carbonyl (C=O) groups is 1. The summed E-state index contributed by atoms with van der Waals surface area (Å²) in [5, 5.41) is 3.42. The molecule has 1 heterocycles. The molecule has 0 bridgehead atoms. The molecule has 2 unspecified atom stereocenters. The van der Waals surface area contributed by atoms with Gasteiger partial charge in [-0.1, -0.05) is 11.6 Å². The smallest absolute Gasteiger partial charge is 0.227 e. The molecule has 2 saturated carbocycles. The van der Waals surface area contributed by atoms with Gasteiger partial charge in [-0.3, -0.25) is 4.79 Å². The zero-order valence-corrected chi connectivity index (χ0v) is 10.5. The van der Waals surface area contributed by atoms with Crippen LogP contribution in [-0.2, 0) is 4.79 Å². The van der Waals surface area contributed by atoms with Crippen LogP contribution in [0.4, 0.5) is 5.69 Å². The third kappa shape index (κ3) is 2.16. The second kappa shape index (κ2) is 3.98. The fourth-order valence-corrected chi connectivity index (χ4v) is 3.02. The minimum Gasteiger partial charge on any atom is -0.324 e. The van der Waals surface area contributed by atoms with Crippen molar-refractivity contribution >= 4 is 23.2 Å². The highest BCUT2D eigenvalue weighted by molar-refractivity contribution is 6.29. The highest BCUT2D eigenvalue weighted by Crippen LogP contribution is 2.54. The fraction of sp³-hybridized carbons (Fsp3) is 0.538. The Hall–Kier alpha value is -1.09. The number of aromatic nitrogens is 1. The zero-order chi connectivity index (χ0) is 12.0. The SMILES string of the molecule is Cc1nc(Cl)ccc1NC(=O)C1CC2CC2C1. The number of aryl methyl sites for hydroxylation is 1. The number of fused-ring (bicyclic) bond motifs is 1.